The maximum Gasteiger partial charge on any atom is 0.250 e. The van der Waals surface area contributed by atoms with Crippen molar-refractivity contribution in [3.05, 3.63) is 60.5 Å². The maximum absolute atomic E-state index is 5.55. The highest BCUT2D eigenvalue weighted by atomic mass is 16.5. The van der Waals surface area contributed by atoms with E-state index in [0.717, 1.165) is 16.7 Å². The molecule has 128 valence electrons. The first-order valence-electron chi connectivity index (χ1n) is 8.10. The third-order valence-corrected chi connectivity index (χ3v) is 4.73. The normalized spacial score (nSPS) is 13.6. The molecule has 0 bridgehead atoms. The Bertz CT molecular complexity index is 868. The van der Waals surface area contributed by atoms with Crippen LogP contribution in [0.2, 0.25) is 0 Å². The van der Waals surface area contributed by atoms with Gasteiger partial charge in [0.05, 0.1) is 5.41 Å². The van der Waals surface area contributed by atoms with Crippen molar-refractivity contribution >= 4 is 12.0 Å². The van der Waals surface area contributed by atoms with Crippen LogP contribution < -0.4 is 5.73 Å². The van der Waals surface area contributed by atoms with Gasteiger partial charge in [-0.3, -0.25) is 0 Å². The maximum atomic E-state index is 5.55. The number of benzene rings is 1. The van der Waals surface area contributed by atoms with Gasteiger partial charge in [0.25, 0.3) is 0 Å². The van der Waals surface area contributed by atoms with E-state index in [0.29, 0.717) is 11.7 Å². The van der Waals surface area contributed by atoms with Crippen molar-refractivity contribution in [1.82, 2.24) is 20.1 Å². The van der Waals surface area contributed by atoms with Gasteiger partial charge in [0.15, 0.2) is 5.82 Å². The molecule has 1 atom stereocenters. The highest BCUT2D eigenvalue weighted by Crippen LogP contribution is 2.38. The van der Waals surface area contributed by atoms with Crippen molar-refractivity contribution < 1.29 is 4.52 Å². The average Bonchev–Trinajstić information content (AvgIpc) is 3.11. The van der Waals surface area contributed by atoms with Gasteiger partial charge < -0.3 is 10.3 Å². The summed E-state index contributed by atoms with van der Waals surface area (Å²) < 4.78 is 5.23. The number of rotatable bonds is 5. The summed E-state index contributed by atoms with van der Waals surface area (Å²) in [7, 11) is 0. The lowest BCUT2D eigenvalue weighted by molar-refractivity contribution is 0.346. The van der Waals surface area contributed by atoms with Crippen LogP contribution >= 0.6 is 0 Å². The van der Waals surface area contributed by atoms with Crippen molar-refractivity contribution in [2.24, 2.45) is 5.92 Å². The number of hydrogen-bond donors (Lipinski definition) is 1. The Kier molecular flexibility index (Phi) is 4.35. The molecule has 2 heterocycles. The van der Waals surface area contributed by atoms with E-state index in [-0.39, 0.29) is 17.3 Å². The minimum absolute atomic E-state index is 0.267. The number of nitrogen functional groups attached to an aromatic ring is 1. The van der Waals surface area contributed by atoms with E-state index in [9.17, 15) is 0 Å². The summed E-state index contributed by atoms with van der Waals surface area (Å²) in [4.78, 5) is 12.5. The molecule has 1 aromatic carbocycles. The number of hydrogen-bond acceptors (Lipinski definition) is 6. The van der Waals surface area contributed by atoms with Gasteiger partial charge in [-0.1, -0.05) is 49.8 Å². The Labute approximate surface area is 146 Å². The summed E-state index contributed by atoms with van der Waals surface area (Å²) in [6.07, 6.45) is 4.99. The van der Waals surface area contributed by atoms with Crippen molar-refractivity contribution in [3.8, 4) is 11.1 Å². The topological polar surface area (TPSA) is 90.7 Å². The molecule has 1 unspecified atom stereocenters. The summed E-state index contributed by atoms with van der Waals surface area (Å²) in [5.74, 6) is 1.62. The van der Waals surface area contributed by atoms with Crippen LogP contribution in [0.3, 0.4) is 0 Å². The molecule has 0 aliphatic rings. The SMILES string of the molecule is C=Cc1nc(C(C)(c2ccc(-c3cnc(N)nc3)cc2)C(C)C)no1. The minimum atomic E-state index is -0.374. The molecular formula is C19H21N5O. The Morgan fingerprint density at radius 3 is 2.28 bits per heavy atom. The van der Waals surface area contributed by atoms with Crippen LogP contribution in [0.25, 0.3) is 17.2 Å². The van der Waals surface area contributed by atoms with Crippen LogP contribution in [-0.2, 0) is 5.41 Å². The van der Waals surface area contributed by atoms with Crippen LogP contribution in [0.1, 0.15) is 38.0 Å². The van der Waals surface area contributed by atoms with E-state index >= 15 is 0 Å². The highest BCUT2D eigenvalue weighted by molar-refractivity contribution is 5.62. The second-order valence-electron chi connectivity index (χ2n) is 6.42. The monoisotopic (exact) mass is 335 g/mol. The molecule has 0 spiro atoms. The number of nitrogens with zero attached hydrogens (tertiary/aromatic N) is 4. The van der Waals surface area contributed by atoms with Gasteiger partial charge in [-0.25, -0.2) is 9.97 Å². The molecule has 0 fully saturated rings. The van der Waals surface area contributed by atoms with Gasteiger partial charge in [0, 0.05) is 18.0 Å². The molecule has 2 N–H and O–H groups in total. The molecule has 0 saturated carbocycles. The first kappa shape index (κ1) is 16.8. The average molecular weight is 335 g/mol. The molecule has 2 aromatic heterocycles. The Morgan fingerprint density at radius 1 is 1.12 bits per heavy atom. The molecule has 25 heavy (non-hydrogen) atoms. The summed E-state index contributed by atoms with van der Waals surface area (Å²) >= 11 is 0. The quantitative estimate of drug-likeness (QED) is 0.764. The van der Waals surface area contributed by atoms with E-state index in [4.69, 9.17) is 10.3 Å². The minimum Gasteiger partial charge on any atom is -0.368 e. The predicted molar refractivity (Wildman–Crippen MR) is 97.6 cm³/mol. The Balaban J connectivity index is 2.00. The largest absolute Gasteiger partial charge is 0.368 e. The molecule has 3 rings (SSSR count). The summed E-state index contributed by atoms with van der Waals surface area (Å²) in [5.41, 5.74) is 8.22. The van der Waals surface area contributed by atoms with Gasteiger partial charge >= 0.3 is 0 Å². The van der Waals surface area contributed by atoms with Gasteiger partial charge in [0.2, 0.25) is 11.8 Å². The molecule has 3 aromatic rings. The standard InChI is InChI=1S/C19H21N5O/c1-5-16-23-17(24-25-16)19(4,12(2)3)15-8-6-13(7-9-15)14-10-21-18(20)22-11-14/h5-12H,1H2,2-4H3,(H2,20,21,22). The van der Waals surface area contributed by atoms with Gasteiger partial charge in [0.1, 0.15) is 0 Å². The zero-order chi connectivity index (χ0) is 18.0. The molecule has 6 nitrogen and oxygen atoms in total. The van der Waals surface area contributed by atoms with Gasteiger partial charge in [-0.2, -0.15) is 4.98 Å². The highest BCUT2D eigenvalue weighted by Gasteiger charge is 2.37. The summed E-state index contributed by atoms with van der Waals surface area (Å²) in [6.45, 7) is 10.1. The lowest BCUT2D eigenvalue weighted by atomic mass is 9.72. The third kappa shape index (κ3) is 3.03. The van der Waals surface area contributed by atoms with E-state index in [1.807, 2.05) is 12.1 Å². The fourth-order valence-corrected chi connectivity index (χ4v) is 2.75. The fraction of sp³-hybridized carbons (Fsp3) is 0.263. The smallest absolute Gasteiger partial charge is 0.250 e. The van der Waals surface area contributed by atoms with Crippen molar-refractivity contribution in [3.63, 3.8) is 0 Å². The molecule has 0 aliphatic carbocycles. The first-order chi connectivity index (χ1) is 11.9. The van der Waals surface area contributed by atoms with Crippen molar-refractivity contribution in [2.45, 2.75) is 26.2 Å². The van der Waals surface area contributed by atoms with Crippen molar-refractivity contribution in [2.75, 3.05) is 5.73 Å². The first-order valence-corrected chi connectivity index (χ1v) is 8.10. The number of aromatic nitrogens is 4. The number of anilines is 1. The Hall–Kier alpha value is -3.02. The van der Waals surface area contributed by atoms with Crippen LogP contribution in [0.4, 0.5) is 5.95 Å². The molecule has 0 radical (unpaired) electrons. The predicted octanol–water partition coefficient (Wildman–Crippen LogP) is 3.71. The van der Waals surface area contributed by atoms with Crippen LogP contribution in [0.5, 0.6) is 0 Å². The lowest BCUT2D eigenvalue weighted by Crippen LogP contribution is -2.31. The van der Waals surface area contributed by atoms with Gasteiger partial charge in [-0.15, -0.1) is 0 Å². The summed E-state index contributed by atoms with van der Waals surface area (Å²) in [5, 5.41) is 4.16. The van der Waals surface area contributed by atoms with E-state index in [2.05, 4.69) is 59.6 Å². The summed E-state index contributed by atoms with van der Waals surface area (Å²) in [6, 6.07) is 8.24. The van der Waals surface area contributed by atoms with E-state index < -0.39 is 0 Å². The molecule has 0 aliphatic heterocycles. The van der Waals surface area contributed by atoms with E-state index in [1.54, 1.807) is 18.5 Å². The fourth-order valence-electron chi connectivity index (χ4n) is 2.75. The number of nitrogens with two attached hydrogens (primary N) is 1. The second kappa shape index (κ2) is 6.47. The van der Waals surface area contributed by atoms with Gasteiger partial charge in [-0.05, 0) is 30.0 Å². The molecular weight excluding hydrogens is 314 g/mol. The zero-order valence-corrected chi connectivity index (χ0v) is 14.6. The Morgan fingerprint density at radius 2 is 1.76 bits per heavy atom. The zero-order valence-electron chi connectivity index (χ0n) is 14.6. The van der Waals surface area contributed by atoms with Crippen LogP contribution in [0.15, 0.2) is 47.8 Å². The molecule has 6 heteroatoms. The lowest BCUT2D eigenvalue weighted by Gasteiger charge is -2.31. The van der Waals surface area contributed by atoms with Crippen molar-refractivity contribution in [1.29, 1.82) is 0 Å². The molecule has 0 saturated heterocycles. The second-order valence-corrected chi connectivity index (χ2v) is 6.42. The van der Waals surface area contributed by atoms with E-state index in [1.165, 1.54) is 0 Å². The van der Waals surface area contributed by atoms with Crippen LogP contribution in [-0.4, -0.2) is 20.1 Å². The third-order valence-electron chi connectivity index (χ3n) is 4.73. The molecule has 0 amide bonds. The van der Waals surface area contributed by atoms with Crippen LogP contribution in [0, 0.1) is 5.92 Å².